The normalized spacial score (nSPS) is 12.6. The molecule has 0 heterocycles. The summed E-state index contributed by atoms with van der Waals surface area (Å²) in [4.78, 5) is 25.5. The molecule has 0 aromatic rings. The molecule has 0 N–H and O–H groups in total. The van der Waals surface area contributed by atoms with Crippen molar-refractivity contribution in [2.75, 3.05) is 19.8 Å². The predicted octanol–water partition coefficient (Wildman–Crippen LogP) is 19.7. The van der Waals surface area contributed by atoms with Crippen molar-refractivity contribution in [2.24, 2.45) is 0 Å². The van der Waals surface area contributed by atoms with Crippen molar-refractivity contribution in [1.29, 1.82) is 0 Å². The molecule has 0 aromatic heterocycles. The first-order chi connectivity index (χ1) is 32.6. The molecule has 0 amide bonds. The first kappa shape index (κ1) is 63.6. The molecule has 0 saturated heterocycles. The summed E-state index contributed by atoms with van der Waals surface area (Å²) in [7, 11) is 0. The summed E-state index contributed by atoms with van der Waals surface area (Å²) in [6, 6.07) is 0. The van der Waals surface area contributed by atoms with Crippen LogP contribution in [0.3, 0.4) is 0 Å². The lowest BCUT2D eigenvalue weighted by atomic mass is 10.0. The molecule has 5 heteroatoms. The van der Waals surface area contributed by atoms with Crippen molar-refractivity contribution >= 4 is 11.9 Å². The molecule has 66 heavy (non-hydrogen) atoms. The summed E-state index contributed by atoms with van der Waals surface area (Å²) in [6.07, 6.45) is 72.5. The van der Waals surface area contributed by atoms with Crippen LogP contribution in [-0.2, 0) is 23.8 Å². The summed E-state index contributed by atoms with van der Waals surface area (Å²) in [5, 5.41) is 0. The van der Waals surface area contributed by atoms with Gasteiger partial charge in [0.25, 0.3) is 0 Å². The quantitative estimate of drug-likeness (QED) is 0.0346. The highest BCUT2D eigenvalue weighted by Crippen LogP contribution is 2.16. The van der Waals surface area contributed by atoms with Gasteiger partial charge in [0.05, 0.1) is 6.61 Å². The molecule has 0 fully saturated rings. The molecule has 0 aliphatic carbocycles. The molecule has 0 bridgehead atoms. The number of rotatable bonds is 53. The highest BCUT2D eigenvalue weighted by atomic mass is 16.6. The molecule has 384 valence electrons. The first-order valence-corrected chi connectivity index (χ1v) is 28.8. The molecule has 0 aromatic carbocycles. The first-order valence-electron chi connectivity index (χ1n) is 28.8. The van der Waals surface area contributed by atoms with Crippen LogP contribution in [0.5, 0.6) is 0 Å². The molecule has 1 atom stereocenters. The Hall–Kier alpha value is -2.40. The number of hydrogen-bond acceptors (Lipinski definition) is 5. The van der Waals surface area contributed by atoms with E-state index in [9.17, 15) is 9.59 Å². The fraction of sp³-hybridized carbons (Fsp3) is 0.803. The third-order valence-corrected chi connectivity index (χ3v) is 12.5. The summed E-state index contributed by atoms with van der Waals surface area (Å²) in [6.45, 7) is 7.71. The molecule has 0 aliphatic rings. The van der Waals surface area contributed by atoms with Crippen molar-refractivity contribution in [2.45, 2.75) is 297 Å². The van der Waals surface area contributed by atoms with E-state index in [1.54, 1.807) is 0 Å². The Bertz CT molecular complexity index is 1130. The Morgan fingerprint density at radius 1 is 0.348 bits per heavy atom. The summed E-state index contributed by atoms with van der Waals surface area (Å²) in [5.74, 6) is -0.438. The van der Waals surface area contributed by atoms with Gasteiger partial charge in [0.15, 0.2) is 6.10 Å². The van der Waals surface area contributed by atoms with Crippen molar-refractivity contribution < 1.29 is 23.8 Å². The van der Waals surface area contributed by atoms with E-state index in [4.69, 9.17) is 14.2 Å². The average molecular weight is 924 g/mol. The van der Waals surface area contributed by atoms with Gasteiger partial charge in [0.2, 0.25) is 0 Å². The van der Waals surface area contributed by atoms with Gasteiger partial charge in [0, 0.05) is 19.4 Å². The van der Waals surface area contributed by atoms with Crippen LogP contribution in [-0.4, -0.2) is 37.9 Å². The summed E-state index contributed by atoms with van der Waals surface area (Å²) in [5.41, 5.74) is 0. The van der Waals surface area contributed by atoms with E-state index in [1.165, 1.54) is 180 Å². The van der Waals surface area contributed by atoms with Gasteiger partial charge in [-0.15, -0.1) is 0 Å². The standard InChI is InChI=1S/C61H110O5/c1-4-7-10-13-16-19-22-25-28-30-32-35-38-41-44-47-50-53-56-64-57-59(66-61(63)55-52-49-46-43-40-37-33-27-24-21-18-15-12-9-6-3)58-65-60(62)54-51-48-45-42-39-36-34-31-29-26-23-20-17-14-11-8-5-2/h9,12,18,21,26-27,29,33,40,43,59H,4-8,10-11,13-17,19-20,22-25,28,30-32,34-39,41-42,44-58H2,1-3H3/b12-9-,21-18-,29-26-,33-27-,43-40-. The minimum atomic E-state index is -0.559. The van der Waals surface area contributed by atoms with Crippen molar-refractivity contribution in [1.82, 2.24) is 0 Å². The maximum absolute atomic E-state index is 12.8. The second-order valence-electron chi connectivity index (χ2n) is 19.2. The third kappa shape index (κ3) is 54.2. The molecule has 5 nitrogen and oxygen atoms in total. The Kier molecular flexibility index (Phi) is 54.9. The topological polar surface area (TPSA) is 61.8 Å². The van der Waals surface area contributed by atoms with Crippen LogP contribution in [0, 0.1) is 0 Å². The number of esters is 2. The van der Waals surface area contributed by atoms with E-state index >= 15 is 0 Å². The number of allylic oxidation sites excluding steroid dienone is 10. The lowest BCUT2D eigenvalue weighted by molar-refractivity contribution is -0.163. The molecule has 0 spiro atoms. The molecule has 0 rings (SSSR count). The number of ether oxygens (including phenoxy) is 3. The van der Waals surface area contributed by atoms with Gasteiger partial charge < -0.3 is 14.2 Å². The lowest BCUT2D eigenvalue weighted by Crippen LogP contribution is -2.30. The summed E-state index contributed by atoms with van der Waals surface area (Å²) >= 11 is 0. The Labute approximate surface area is 411 Å². The highest BCUT2D eigenvalue weighted by Gasteiger charge is 2.17. The van der Waals surface area contributed by atoms with Crippen molar-refractivity contribution in [3.63, 3.8) is 0 Å². The Morgan fingerprint density at radius 3 is 1.14 bits per heavy atom. The van der Waals surface area contributed by atoms with E-state index in [2.05, 4.69) is 81.5 Å². The van der Waals surface area contributed by atoms with Crippen LogP contribution < -0.4 is 0 Å². The smallest absolute Gasteiger partial charge is 0.306 e. The number of carbonyl (C=O) groups excluding carboxylic acids is 2. The van der Waals surface area contributed by atoms with E-state index in [0.29, 0.717) is 19.4 Å². The largest absolute Gasteiger partial charge is 0.462 e. The fourth-order valence-electron chi connectivity index (χ4n) is 8.26. The van der Waals surface area contributed by atoms with Crippen LogP contribution >= 0.6 is 0 Å². The second-order valence-corrected chi connectivity index (χ2v) is 19.2. The lowest BCUT2D eigenvalue weighted by Gasteiger charge is -2.18. The second kappa shape index (κ2) is 56.9. The van der Waals surface area contributed by atoms with Crippen molar-refractivity contribution in [3.05, 3.63) is 60.8 Å². The van der Waals surface area contributed by atoms with Gasteiger partial charge in [-0.1, -0.05) is 255 Å². The third-order valence-electron chi connectivity index (χ3n) is 12.5. The Balaban J connectivity index is 4.29. The minimum absolute atomic E-state index is 0.0685. The minimum Gasteiger partial charge on any atom is -0.462 e. The van der Waals surface area contributed by atoms with E-state index in [-0.39, 0.29) is 25.2 Å². The molecule has 0 saturated carbocycles. The monoisotopic (exact) mass is 923 g/mol. The van der Waals surface area contributed by atoms with Gasteiger partial charge >= 0.3 is 11.9 Å². The zero-order valence-corrected chi connectivity index (χ0v) is 44.2. The molecule has 1 unspecified atom stereocenters. The van der Waals surface area contributed by atoms with Crippen LogP contribution in [0.15, 0.2) is 60.8 Å². The number of carbonyl (C=O) groups is 2. The SMILES string of the molecule is CC/C=C\C/C=C\C/C=C\C/C=C\CCCCC(=O)OC(COCCCCCCCCCCCCCCCCCCCC)COC(=O)CCCCCCCCC/C=C\CCCCCCCC. The highest BCUT2D eigenvalue weighted by molar-refractivity contribution is 5.70. The average Bonchev–Trinajstić information content (AvgIpc) is 3.32. The zero-order chi connectivity index (χ0) is 47.7. The van der Waals surface area contributed by atoms with Gasteiger partial charge in [-0.05, 0) is 83.5 Å². The van der Waals surface area contributed by atoms with Gasteiger partial charge in [0.1, 0.15) is 6.61 Å². The van der Waals surface area contributed by atoms with Crippen LogP contribution in [0.4, 0.5) is 0 Å². The molecular formula is C61H110O5. The number of unbranched alkanes of at least 4 members (excludes halogenated alkanes) is 32. The zero-order valence-electron chi connectivity index (χ0n) is 44.2. The van der Waals surface area contributed by atoms with Gasteiger partial charge in [-0.3, -0.25) is 9.59 Å². The molecule has 0 radical (unpaired) electrons. The number of hydrogen-bond donors (Lipinski definition) is 0. The maximum atomic E-state index is 12.8. The Morgan fingerprint density at radius 2 is 0.682 bits per heavy atom. The van der Waals surface area contributed by atoms with Crippen molar-refractivity contribution in [3.8, 4) is 0 Å². The molecular weight excluding hydrogens is 813 g/mol. The van der Waals surface area contributed by atoms with E-state index in [1.807, 2.05) is 0 Å². The maximum Gasteiger partial charge on any atom is 0.306 e. The summed E-state index contributed by atoms with van der Waals surface area (Å²) < 4.78 is 17.4. The van der Waals surface area contributed by atoms with E-state index in [0.717, 1.165) is 77.0 Å². The fourth-order valence-corrected chi connectivity index (χ4v) is 8.26. The van der Waals surface area contributed by atoms with Crippen LogP contribution in [0.1, 0.15) is 290 Å². The van der Waals surface area contributed by atoms with E-state index < -0.39 is 6.10 Å². The van der Waals surface area contributed by atoms with Gasteiger partial charge in [-0.25, -0.2) is 0 Å². The predicted molar refractivity (Wildman–Crippen MR) is 288 cm³/mol. The van der Waals surface area contributed by atoms with Gasteiger partial charge in [-0.2, -0.15) is 0 Å². The van der Waals surface area contributed by atoms with Crippen LogP contribution in [0.25, 0.3) is 0 Å². The van der Waals surface area contributed by atoms with Crippen LogP contribution in [0.2, 0.25) is 0 Å². The molecule has 0 aliphatic heterocycles.